The molecule has 1 heterocycles. The Morgan fingerprint density at radius 2 is 1.90 bits per heavy atom. The number of benzene rings is 3. The van der Waals surface area contributed by atoms with Gasteiger partial charge in [-0.05, 0) is 61.1 Å². The molecule has 0 atom stereocenters. The number of nitro groups is 1. The third kappa shape index (κ3) is 4.57. The fraction of sp³-hybridized carbons (Fsp3) is 0.0455. The van der Waals surface area contributed by atoms with Crippen LogP contribution >= 0.6 is 23.6 Å². The third-order valence-electron chi connectivity index (χ3n) is 4.56. The van der Waals surface area contributed by atoms with Crippen molar-refractivity contribution in [2.24, 2.45) is 0 Å². The number of anilines is 1. The van der Waals surface area contributed by atoms with Crippen molar-refractivity contribution < 1.29 is 9.72 Å². The summed E-state index contributed by atoms with van der Waals surface area (Å²) in [6.07, 6.45) is 0. The molecule has 0 aliphatic heterocycles. The lowest BCUT2D eigenvalue weighted by atomic mass is 10.1. The summed E-state index contributed by atoms with van der Waals surface area (Å²) in [5.74, 6) is -0.523. The summed E-state index contributed by atoms with van der Waals surface area (Å²) in [5.41, 5.74) is 3.63. The Balaban J connectivity index is 1.46. The highest BCUT2D eigenvalue weighted by atomic mass is 32.1. The van der Waals surface area contributed by atoms with Gasteiger partial charge in [-0.1, -0.05) is 18.2 Å². The summed E-state index contributed by atoms with van der Waals surface area (Å²) in [5, 5.41) is 17.5. The fourth-order valence-electron chi connectivity index (χ4n) is 3.02. The zero-order chi connectivity index (χ0) is 22.0. The van der Waals surface area contributed by atoms with Crippen molar-refractivity contribution in [2.45, 2.75) is 6.92 Å². The van der Waals surface area contributed by atoms with E-state index in [1.165, 1.54) is 24.3 Å². The molecule has 31 heavy (non-hydrogen) atoms. The number of thiazole rings is 1. The standard InChI is InChI=1S/C22H16N4O3S2/c1-13-11-15(21-23-18-7-2-3-8-19(18)31-21)9-10-17(13)24-22(30)25-20(27)14-5-4-6-16(12-14)26(28)29/h2-12H,1H3,(H2,24,25,27,30). The lowest BCUT2D eigenvalue weighted by Gasteiger charge is -2.12. The average Bonchev–Trinajstić information content (AvgIpc) is 3.19. The smallest absolute Gasteiger partial charge is 0.270 e. The predicted octanol–water partition coefficient (Wildman–Crippen LogP) is 5.31. The molecule has 4 rings (SSSR count). The first-order chi connectivity index (χ1) is 14.9. The van der Waals surface area contributed by atoms with Crippen molar-refractivity contribution >= 4 is 56.2 Å². The van der Waals surface area contributed by atoms with Crippen LogP contribution in [0.25, 0.3) is 20.8 Å². The molecule has 2 N–H and O–H groups in total. The highest BCUT2D eigenvalue weighted by Gasteiger charge is 2.14. The van der Waals surface area contributed by atoms with Crippen LogP contribution in [0.4, 0.5) is 11.4 Å². The molecule has 7 nitrogen and oxygen atoms in total. The van der Waals surface area contributed by atoms with E-state index in [0.717, 1.165) is 32.0 Å². The Labute approximate surface area is 186 Å². The Bertz CT molecular complexity index is 1300. The number of aryl methyl sites for hydroxylation is 1. The first kappa shape index (κ1) is 20.6. The molecule has 0 radical (unpaired) electrons. The quantitative estimate of drug-likeness (QED) is 0.250. The van der Waals surface area contributed by atoms with E-state index >= 15 is 0 Å². The van der Waals surface area contributed by atoms with E-state index in [9.17, 15) is 14.9 Å². The van der Waals surface area contributed by atoms with Gasteiger partial charge in [0.1, 0.15) is 5.01 Å². The van der Waals surface area contributed by atoms with Gasteiger partial charge in [-0.25, -0.2) is 4.98 Å². The monoisotopic (exact) mass is 448 g/mol. The average molecular weight is 449 g/mol. The Kier molecular flexibility index (Phi) is 5.70. The number of non-ortho nitro benzene ring substituents is 1. The van der Waals surface area contributed by atoms with Gasteiger partial charge in [0.25, 0.3) is 11.6 Å². The van der Waals surface area contributed by atoms with E-state index in [2.05, 4.69) is 15.6 Å². The molecule has 1 aromatic heterocycles. The second-order valence-electron chi connectivity index (χ2n) is 6.73. The van der Waals surface area contributed by atoms with E-state index in [-0.39, 0.29) is 16.4 Å². The number of thiocarbonyl (C=S) groups is 1. The summed E-state index contributed by atoms with van der Waals surface area (Å²) < 4.78 is 1.13. The summed E-state index contributed by atoms with van der Waals surface area (Å²) in [4.78, 5) is 27.4. The zero-order valence-corrected chi connectivity index (χ0v) is 17.9. The van der Waals surface area contributed by atoms with Gasteiger partial charge in [0.15, 0.2) is 5.11 Å². The van der Waals surface area contributed by atoms with Gasteiger partial charge in [0.05, 0.1) is 15.1 Å². The number of para-hydroxylation sites is 1. The predicted molar refractivity (Wildman–Crippen MR) is 127 cm³/mol. The maximum absolute atomic E-state index is 12.4. The van der Waals surface area contributed by atoms with Crippen LogP contribution in [-0.2, 0) is 0 Å². The molecular weight excluding hydrogens is 432 g/mol. The summed E-state index contributed by atoms with van der Waals surface area (Å²) in [6, 6.07) is 19.3. The molecule has 1 amide bonds. The van der Waals surface area contributed by atoms with Crippen LogP contribution in [0.1, 0.15) is 15.9 Å². The number of carbonyl (C=O) groups is 1. The lowest BCUT2D eigenvalue weighted by Crippen LogP contribution is -2.34. The minimum atomic E-state index is -0.552. The Morgan fingerprint density at radius 1 is 1.10 bits per heavy atom. The topological polar surface area (TPSA) is 97.2 Å². The number of hydrogen-bond donors (Lipinski definition) is 2. The number of nitrogens with zero attached hydrogens (tertiary/aromatic N) is 2. The van der Waals surface area contributed by atoms with Crippen LogP contribution in [0, 0.1) is 17.0 Å². The molecule has 0 fully saturated rings. The molecular formula is C22H16N4O3S2. The molecule has 154 valence electrons. The maximum atomic E-state index is 12.4. The van der Waals surface area contributed by atoms with E-state index in [1.807, 2.05) is 49.4 Å². The Hall–Kier alpha value is -3.69. The fourth-order valence-corrected chi connectivity index (χ4v) is 4.19. The SMILES string of the molecule is Cc1cc(-c2nc3ccccc3s2)ccc1NC(=S)NC(=O)c1cccc([N+](=O)[O-])c1. The van der Waals surface area contributed by atoms with Gasteiger partial charge in [-0.3, -0.25) is 20.2 Å². The minimum absolute atomic E-state index is 0.104. The third-order valence-corrected chi connectivity index (χ3v) is 5.85. The van der Waals surface area contributed by atoms with Gasteiger partial charge >= 0.3 is 0 Å². The van der Waals surface area contributed by atoms with Gasteiger partial charge in [-0.2, -0.15) is 0 Å². The van der Waals surface area contributed by atoms with Crippen LogP contribution in [0.3, 0.4) is 0 Å². The molecule has 0 aliphatic carbocycles. The number of hydrogen-bond acceptors (Lipinski definition) is 6. The summed E-state index contributed by atoms with van der Waals surface area (Å²) in [6.45, 7) is 1.93. The van der Waals surface area contributed by atoms with Gasteiger partial charge < -0.3 is 5.32 Å². The van der Waals surface area contributed by atoms with E-state index in [1.54, 1.807) is 11.3 Å². The second-order valence-corrected chi connectivity index (χ2v) is 8.17. The van der Waals surface area contributed by atoms with Crippen molar-refractivity contribution in [1.82, 2.24) is 10.3 Å². The summed E-state index contributed by atoms with van der Waals surface area (Å²) in [7, 11) is 0. The van der Waals surface area contributed by atoms with Crippen molar-refractivity contribution in [1.29, 1.82) is 0 Å². The number of amides is 1. The van der Waals surface area contributed by atoms with Crippen LogP contribution in [0.2, 0.25) is 0 Å². The van der Waals surface area contributed by atoms with Crippen LogP contribution in [0.15, 0.2) is 66.7 Å². The second kappa shape index (κ2) is 8.58. The molecule has 0 aliphatic rings. The van der Waals surface area contributed by atoms with Gasteiger partial charge in [-0.15, -0.1) is 11.3 Å². The van der Waals surface area contributed by atoms with Crippen molar-refractivity contribution in [3.8, 4) is 10.6 Å². The number of rotatable bonds is 4. The number of nitro benzene ring substituents is 1. The van der Waals surface area contributed by atoms with Crippen molar-refractivity contribution in [3.05, 3.63) is 88.0 Å². The highest BCUT2D eigenvalue weighted by Crippen LogP contribution is 2.31. The number of carbonyl (C=O) groups excluding carboxylic acids is 1. The van der Waals surface area contributed by atoms with Gasteiger partial charge in [0, 0.05) is 28.9 Å². The highest BCUT2D eigenvalue weighted by molar-refractivity contribution is 7.80. The van der Waals surface area contributed by atoms with E-state index in [0.29, 0.717) is 0 Å². The molecule has 3 aromatic carbocycles. The molecule has 0 saturated heterocycles. The Morgan fingerprint density at radius 3 is 2.65 bits per heavy atom. The normalized spacial score (nSPS) is 10.6. The van der Waals surface area contributed by atoms with E-state index in [4.69, 9.17) is 12.2 Å². The lowest BCUT2D eigenvalue weighted by molar-refractivity contribution is -0.384. The molecule has 0 unspecified atom stereocenters. The van der Waals surface area contributed by atoms with Crippen molar-refractivity contribution in [3.63, 3.8) is 0 Å². The number of nitrogens with one attached hydrogen (secondary N) is 2. The molecule has 4 aromatic rings. The zero-order valence-electron chi connectivity index (χ0n) is 16.3. The van der Waals surface area contributed by atoms with E-state index < -0.39 is 10.8 Å². The first-order valence-electron chi connectivity index (χ1n) is 9.24. The summed E-state index contributed by atoms with van der Waals surface area (Å²) >= 11 is 6.86. The van der Waals surface area contributed by atoms with Crippen LogP contribution in [-0.4, -0.2) is 20.9 Å². The van der Waals surface area contributed by atoms with Crippen molar-refractivity contribution in [2.75, 3.05) is 5.32 Å². The van der Waals surface area contributed by atoms with Gasteiger partial charge in [0.2, 0.25) is 0 Å². The minimum Gasteiger partial charge on any atom is -0.332 e. The number of fused-ring (bicyclic) bond motifs is 1. The van der Waals surface area contributed by atoms with Crippen LogP contribution in [0.5, 0.6) is 0 Å². The maximum Gasteiger partial charge on any atom is 0.270 e. The molecule has 0 bridgehead atoms. The molecule has 9 heteroatoms. The largest absolute Gasteiger partial charge is 0.332 e. The first-order valence-corrected chi connectivity index (χ1v) is 10.5. The molecule has 0 spiro atoms. The molecule has 0 saturated carbocycles. The number of aromatic nitrogens is 1. The van der Waals surface area contributed by atoms with Crippen LogP contribution < -0.4 is 10.6 Å².